The van der Waals surface area contributed by atoms with E-state index in [4.69, 9.17) is 4.74 Å². The first-order valence-corrected chi connectivity index (χ1v) is 7.27. The van der Waals surface area contributed by atoms with Crippen LogP contribution in [0.1, 0.15) is 62.0 Å². The molecule has 0 radical (unpaired) electrons. The van der Waals surface area contributed by atoms with Crippen LogP contribution in [0.2, 0.25) is 0 Å². The third kappa shape index (κ3) is 7.06. The van der Waals surface area contributed by atoms with E-state index in [1.54, 1.807) is 13.1 Å². The summed E-state index contributed by atoms with van der Waals surface area (Å²) in [5.41, 5.74) is 1.74. The minimum absolute atomic E-state index is 0.0690. The topological polar surface area (TPSA) is 39.2 Å². The molecule has 1 heterocycles. The highest BCUT2D eigenvalue weighted by molar-refractivity contribution is 5.93. The van der Waals surface area contributed by atoms with Crippen molar-refractivity contribution in [3.8, 4) is 0 Å². The molecule has 0 unspecified atom stereocenters. The number of ether oxygens (including phenoxy) is 1. The number of aromatic nitrogens is 1. The molecule has 0 N–H and O–H groups in total. The van der Waals surface area contributed by atoms with E-state index in [0.29, 0.717) is 5.56 Å². The third-order valence-electron chi connectivity index (χ3n) is 3.10. The number of pyridine rings is 1. The van der Waals surface area contributed by atoms with E-state index in [2.05, 4.69) is 11.9 Å². The number of hydrogen-bond donors (Lipinski definition) is 0. The van der Waals surface area contributed by atoms with Crippen molar-refractivity contribution in [3.05, 3.63) is 29.6 Å². The first-order chi connectivity index (χ1) is 9.24. The summed E-state index contributed by atoms with van der Waals surface area (Å²) in [6, 6.07) is 3.80. The molecule has 0 saturated heterocycles. The van der Waals surface area contributed by atoms with E-state index in [9.17, 15) is 4.79 Å². The van der Waals surface area contributed by atoms with Crippen molar-refractivity contribution < 1.29 is 9.53 Å². The van der Waals surface area contributed by atoms with E-state index in [-0.39, 0.29) is 5.78 Å². The van der Waals surface area contributed by atoms with E-state index in [0.717, 1.165) is 38.2 Å². The summed E-state index contributed by atoms with van der Waals surface area (Å²) in [7, 11) is 0. The van der Waals surface area contributed by atoms with Gasteiger partial charge in [0, 0.05) is 30.7 Å². The fourth-order valence-corrected chi connectivity index (χ4v) is 1.85. The molecule has 1 aromatic heterocycles. The minimum atomic E-state index is 0.0690. The molecule has 106 valence electrons. The molecule has 0 fully saturated rings. The molecular weight excluding hydrogens is 238 g/mol. The van der Waals surface area contributed by atoms with Gasteiger partial charge in [-0.15, -0.1) is 0 Å². The normalized spacial score (nSPS) is 10.6. The molecule has 0 aromatic carbocycles. The van der Waals surface area contributed by atoms with Crippen molar-refractivity contribution in [2.45, 2.75) is 52.4 Å². The van der Waals surface area contributed by atoms with Gasteiger partial charge in [0.1, 0.15) is 0 Å². The van der Waals surface area contributed by atoms with Gasteiger partial charge in [-0.05, 0) is 44.7 Å². The summed E-state index contributed by atoms with van der Waals surface area (Å²) in [6.07, 6.45) is 8.44. The second-order valence-electron chi connectivity index (χ2n) is 4.87. The lowest BCUT2D eigenvalue weighted by molar-refractivity contribution is 0.101. The van der Waals surface area contributed by atoms with Crippen LogP contribution in [0.25, 0.3) is 0 Å². The maximum Gasteiger partial charge on any atom is 0.161 e. The Bertz CT molecular complexity index is 360. The Balaban J connectivity index is 2.07. The van der Waals surface area contributed by atoms with Gasteiger partial charge in [-0.2, -0.15) is 0 Å². The summed E-state index contributed by atoms with van der Waals surface area (Å²) in [6.45, 7) is 5.49. The number of rotatable bonds is 10. The van der Waals surface area contributed by atoms with Crippen LogP contribution in [0.3, 0.4) is 0 Å². The van der Waals surface area contributed by atoms with Crippen molar-refractivity contribution in [2.75, 3.05) is 13.2 Å². The average Bonchev–Trinajstić information content (AvgIpc) is 2.42. The van der Waals surface area contributed by atoms with E-state index < -0.39 is 0 Å². The monoisotopic (exact) mass is 263 g/mol. The van der Waals surface area contributed by atoms with Crippen LogP contribution in [-0.2, 0) is 11.2 Å². The second kappa shape index (κ2) is 9.68. The molecule has 0 aliphatic carbocycles. The van der Waals surface area contributed by atoms with Crippen molar-refractivity contribution >= 4 is 5.78 Å². The Morgan fingerprint density at radius 2 is 1.89 bits per heavy atom. The summed E-state index contributed by atoms with van der Waals surface area (Å²) in [5, 5.41) is 0. The largest absolute Gasteiger partial charge is 0.381 e. The highest BCUT2D eigenvalue weighted by Gasteiger charge is 2.00. The Labute approximate surface area is 116 Å². The van der Waals surface area contributed by atoms with Gasteiger partial charge < -0.3 is 4.74 Å². The zero-order valence-electron chi connectivity index (χ0n) is 12.2. The summed E-state index contributed by atoms with van der Waals surface area (Å²) < 4.78 is 5.56. The van der Waals surface area contributed by atoms with Crippen molar-refractivity contribution in [1.82, 2.24) is 4.98 Å². The predicted octanol–water partition coefficient (Wildman–Crippen LogP) is 3.81. The summed E-state index contributed by atoms with van der Waals surface area (Å²) in [4.78, 5) is 15.4. The number of aryl methyl sites for hydroxylation is 1. The van der Waals surface area contributed by atoms with Gasteiger partial charge in [0.05, 0.1) is 0 Å². The van der Waals surface area contributed by atoms with Gasteiger partial charge >= 0.3 is 0 Å². The van der Waals surface area contributed by atoms with Crippen LogP contribution in [0, 0.1) is 0 Å². The number of carbonyl (C=O) groups is 1. The summed E-state index contributed by atoms with van der Waals surface area (Å²) in [5.74, 6) is 0.0690. The molecule has 0 aliphatic heterocycles. The molecular formula is C16H25NO2. The number of carbonyl (C=O) groups excluding carboxylic acids is 1. The van der Waals surface area contributed by atoms with Gasteiger partial charge in [0.25, 0.3) is 0 Å². The van der Waals surface area contributed by atoms with Crippen molar-refractivity contribution in [2.24, 2.45) is 0 Å². The van der Waals surface area contributed by atoms with E-state index in [1.807, 2.05) is 12.1 Å². The maximum atomic E-state index is 11.1. The molecule has 19 heavy (non-hydrogen) atoms. The van der Waals surface area contributed by atoms with Crippen LogP contribution in [0.4, 0.5) is 0 Å². The van der Waals surface area contributed by atoms with Gasteiger partial charge in [-0.3, -0.25) is 9.78 Å². The minimum Gasteiger partial charge on any atom is -0.381 e. The Morgan fingerprint density at radius 1 is 1.16 bits per heavy atom. The van der Waals surface area contributed by atoms with Gasteiger partial charge in [0.15, 0.2) is 5.78 Å². The fourth-order valence-electron chi connectivity index (χ4n) is 1.85. The van der Waals surface area contributed by atoms with Crippen LogP contribution in [-0.4, -0.2) is 24.0 Å². The molecule has 3 heteroatoms. The quantitative estimate of drug-likeness (QED) is 0.476. The molecule has 0 saturated carbocycles. The molecule has 1 aromatic rings. The predicted molar refractivity (Wildman–Crippen MR) is 77.5 cm³/mol. The molecule has 0 spiro atoms. The van der Waals surface area contributed by atoms with E-state index in [1.165, 1.54) is 19.3 Å². The van der Waals surface area contributed by atoms with Crippen LogP contribution >= 0.6 is 0 Å². The first-order valence-electron chi connectivity index (χ1n) is 7.27. The van der Waals surface area contributed by atoms with Crippen LogP contribution in [0.5, 0.6) is 0 Å². The standard InChI is InChI=1S/C16H25NO2/c1-3-4-6-11-19-12-7-5-8-16-10-9-15(13-17-16)14(2)18/h9-10,13H,3-8,11-12H2,1-2H3. The second-order valence-corrected chi connectivity index (χ2v) is 4.87. The lowest BCUT2D eigenvalue weighted by Crippen LogP contribution is -1.99. The highest BCUT2D eigenvalue weighted by Crippen LogP contribution is 2.05. The maximum absolute atomic E-state index is 11.1. The number of hydrogen-bond acceptors (Lipinski definition) is 3. The first kappa shape index (κ1) is 15.8. The average molecular weight is 263 g/mol. The summed E-state index contributed by atoms with van der Waals surface area (Å²) >= 11 is 0. The van der Waals surface area contributed by atoms with Gasteiger partial charge in [-0.1, -0.05) is 19.8 Å². The van der Waals surface area contributed by atoms with E-state index >= 15 is 0 Å². The van der Waals surface area contributed by atoms with Crippen molar-refractivity contribution in [1.29, 1.82) is 0 Å². The van der Waals surface area contributed by atoms with Gasteiger partial charge in [-0.25, -0.2) is 0 Å². The zero-order valence-corrected chi connectivity index (χ0v) is 12.2. The third-order valence-corrected chi connectivity index (χ3v) is 3.10. The fraction of sp³-hybridized carbons (Fsp3) is 0.625. The van der Waals surface area contributed by atoms with Crippen molar-refractivity contribution in [3.63, 3.8) is 0 Å². The number of unbranched alkanes of at least 4 members (excludes halogenated alkanes) is 3. The number of ketones is 1. The molecule has 0 aliphatic rings. The Morgan fingerprint density at radius 3 is 2.47 bits per heavy atom. The lowest BCUT2D eigenvalue weighted by Gasteiger charge is -2.04. The zero-order chi connectivity index (χ0) is 13.9. The van der Waals surface area contributed by atoms with Crippen LogP contribution < -0.4 is 0 Å². The Kier molecular flexibility index (Phi) is 8.07. The molecule has 1 rings (SSSR count). The number of nitrogens with zero attached hydrogens (tertiary/aromatic N) is 1. The Hall–Kier alpha value is -1.22. The molecule has 0 amide bonds. The number of Topliss-reactive ketones (excluding diaryl/α,β-unsaturated/α-hetero) is 1. The molecule has 0 bridgehead atoms. The lowest BCUT2D eigenvalue weighted by atomic mass is 10.1. The smallest absolute Gasteiger partial charge is 0.161 e. The van der Waals surface area contributed by atoms with Gasteiger partial charge in [0.2, 0.25) is 0 Å². The van der Waals surface area contributed by atoms with Crippen LogP contribution in [0.15, 0.2) is 18.3 Å². The highest BCUT2D eigenvalue weighted by atomic mass is 16.5. The molecule has 0 atom stereocenters. The SMILES string of the molecule is CCCCCOCCCCc1ccc(C(C)=O)cn1. The molecule has 3 nitrogen and oxygen atoms in total.